The molecule has 3 rings (SSSR count). The fourth-order valence-electron chi connectivity index (χ4n) is 1.60. The molecule has 0 saturated heterocycles. The third-order valence-corrected chi connectivity index (χ3v) is 4.09. The number of nitrogen functional groups attached to an aromatic ring is 1. The third-order valence-electron chi connectivity index (χ3n) is 2.47. The quantitative estimate of drug-likeness (QED) is 0.699. The Morgan fingerprint density at radius 3 is 2.79 bits per heavy atom. The Kier molecular flexibility index (Phi) is 3.00. The van der Waals surface area contributed by atoms with E-state index in [1.54, 1.807) is 12.1 Å². The standard InChI is InChI=1S/C12H8BrN3O2S/c13-10-4-3-9(19-10)11-15-12(18-16-11)7-2-1-6(14)5-8(7)17/h1-5,17H,14H2. The first-order valence-corrected chi connectivity index (χ1v) is 6.93. The minimum Gasteiger partial charge on any atom is -0.507 e. The Labute approximate surface area is 120 Å². The predicted molar refractivity (Wildman–Crippen MR) is 76.8 cm³/mol. The zero-order valence-electron chi connectivity index (χ0n) is 9.50. The monoisotopic (exact) mass is 337 g/mol. The van der Waals surface area contributed by atoms with Crippen LogP contribution in [-0.2, 0) is 0 Å². The maximum Gasteiger partial charge on any atom is 0.262 e. The van der Waals surface area contributed by atoms with Crippen LogP contribution in [0.4, 0.5) is 5.69 Å². The highest BCUT2D eigenvalue weighted by atomic mass is 79.9. The van der Waals surface area contributed by atoms with Crippen LogP contribution in [0.15, 0.2) is 38.6 Å². The van der Waals surface area contributed by atoms with E-state index >= 15 is 0 Å². The Morgan fingerprint density at radius 2 is 2.11 bits per heavy atom. The maximum absolute atomic E-state index is 9.82. The van der Waals surface area contributed by atoms with Gasteiger partial charge in [0.05, 0.1) is 14.2 Å². The summed E-state index contributed by atoms with van der Waals surface area (Å²) < 4.78 is 6.15. The molecule has 5 nitrogen and oxygen atoms in total. The molecule has 0 aliphatic carbocycles. The lowest BCUT2D eigenvalue weighted by atomic mass is 10.2. The van der Waals surface area contributed by atoms with Gasteiger partial charge in [0, 0.05) is 11.8 Å². The van der Waals surface area contributed by atoms with Crippen molar-refractivity contribution in [2.24, 2.45) is 0 Å². The first-order chi connectivity index (χ1) is 9.13. The molecule has 0 amide bonds. The molecule has 0 radical (unpaired) electrons. The SMILES string of the molecule is Nc1ccc(-c2nc(-c3ccc(Br)s3)no2)c(O)c1. The Morgan fingerprint density at radius 1 is 1.26 bits per heavy atom. The Bertz CT molecular complexity index is 738. The Balaban J connectivity index is 2.01. The first-order valence-electron chi connectivity index (χ1n) is 5.32. The van der Waals surface area contributed by atoms with E-state index in [1.165, 1.54) is 17.4 Å². The van der Waals surface area contributed by atoms with E-state index < -0.39 is 0 Å². The molecule has 2 aromatic heterocycles. The normalized spacial score (nSPS) is 10.8. The first kappa shape index (κ1) is 12.2. The minimum absolute atomic E-state index is 0.0163. The number of phenols is 1. The molecule has 19 heavy (non-hydrogen) atoms. The number of thiophene rings is 1. The van der Waals surface area contributed by atoms with Gasteiger partial charge in [0.1, 0.15) is 5.75 Å². The molecule has 0 fully saturated rings. The van der Waals surface area contributed by atoms with Gasteiger partial charge in [-0.15, -0.1) is 11.3 Å². The molecule has 3 aromatic rings. The number of anilines is 1. The van der Waals surface area contributed by atoms with E-state index in [9.17, 15) is 5.11 Å². The van der Waals surface area contributed by atoms with E-state index in [2.05, 4.69) is 26.1 Å². The zero-order valence-corrected chi connectivity index (χ0v) is 11.9. The van der Waals surface area contributed by atoms with Gasteiger partial charge in [-0.1, -0.05) is 5.16 Å². The van der Waals surface area contributed by atoms with Crippen LogP contribution >= 0.6 is 27.3 Å². The van der Waals surface area contributed by atoms with E-state index in [0.717, 1.165) is 8.66 Å². The molecular formula is C12H8BrN3O2S. The average Bonchev–Trinajstić information content (AvgIpc) is 2.97. The van der Waals surface area contributed by atoms with E-state index in [-0.39, 0.29) is 11.6 Å². The van der Waals surface area contributed by atoms with Crippen molar-refractivity contribution in [3.63, 3.8) is 0 Å². The fraction of sp³-hybridized carbons (Fsp3) is 0. The molecule has 96 valence electrons. The molecule has 0 atom stereocenters. The lowest BCUT2D eigenvalue weighted by Gasteiger charge is -1.99. The largest absolute Gasteiger partial charge is 0.507 e. The van der Waals surface area contributed by atoms with E-state index in [0.29, 0.717) is 17.1 Å². The van der Waals surface area contributed by atoms with Crippen molar-refractivity contribution in [3.05, 3.63) is 34.1 Å². The number of halogens is 1. The van der Waals surface area contributed by atoms with Crippen LogP contribution in [0, 0.1) is 0 Å². The summed E-state index contributed by atoms with van der Waals surface area (Å²) in [4.78, 5) is 5.15. The summed E-state index contributed by atoms with van der Waals surface area (Å²) in [6, 6.07) is 8.57. The molecule has 3 N–H and O–H groups in total. The molecular weight excluding hydrogens is 330 g/mol. The van der Waals surface area contributed by atoms with Gasteiger partial charge >= 0.3 is 0 Å². The van der Waals surface area contributed by atoms with Gasteiger partial charge in [-0.2, -0.15) is 4.98 Å². The summed E-state index contributed by atoms with van der Waals surface area (Å²) in [6.07, 6.45) is 0. The van der Waals surface area contributed by atoms with Crippen LogP contribution in [0.5, 0.6) is 5.75 Å². The second-order valence-corrected chi connectivity index (χ2v) is 6.27. The molecule has 0 saturated carbocycles. The van der Waals surface area contributed by atoms with Crippen molar-refractivity contribution in [2.75, 3.05) is 5.73 Å². The van der Waals surface area contributed by atoms with Gasteiger partial charge in [-0.3, -0.25) is 0 Å². The van der Waals surface area contributed by atoms with Crippen molar-refractivity contribution >= 4 is 33.0 Å². The van der Waals surface area contributed by atoms with Crippen LogP contribution in [0.3, 0.4) is 0 Å². The summed E-state index contributed by atoms with van der Waals surface area (Å²) in [6.45, 7) is 0. The summed E-state index contributed by atoms with van der Waals surface area (Å²) >= 11 is 4.88. The number of benzene rings is 1. The Hall–Kier alpha value is -1.86. The number of nitrogens with zero attached hydrogens (tertiary/aromatic N) is 2. The molecule has 0 aliphatic heterocycles. The van der Waals surface area contributed by atoms with E-state index in [1.807, 2.05) is 12.1 Å². The third kappa shape index (κ3) is 2.34. The zero-order chi connectivity index (χ0) is 13.4. The van der Waals surface area contributed by atoms with Crippen LogP contribution in [-0.4, -0.2) is 15.2 Å². The molecule has 7 heteroatoms. The lowest BCUT2D eigenvalue weighted by molar-refractivity contribution is 0.426. The molecule has 2 heterocycles. The van der Waals surface area contributed by atoms with Crippen molar-refractivity contribution < 1.29 is 9.63 Å². The summed E-state index contributed by atoms with van der Waals surface area (Å²) in [5.74, 6) is 0.765. The summed E-state index contributed by atoms with van der Waals surface area (Å²) in [5.41, 5.74) is 6.51. The number of hydrogen-bond donors (Lipinski definition) is 2. The highest BCUT2D eigenvalue weighted by molar-refractivity contribution is 9.11. The van der Waals surface area contributed by atoms with Crippen LogP contribution < -0.4 is 5.73 Å². The summed E-state index contributed by atoms with van der Waals surface area (Å²) in [5, 5.41) is 13.7. The average molecular weight is 338 g/mol. The number of aromatic hydroxyl groups is 1. The van der Waals surface area contributed by atoms with Gasteiger partial charge < -0.3 is 15.4 Å². The number of hydrogen-bond acceptors (Lipinski definition) is 6. The van der Waals surface area contributed by atoms with Gasteiger partial charge in [0.2, 0.25) is 5.82 Å². The van der Waals surface area contributed by atoms with Crippen molar-refractivity contribution in [1.29, 1.82) is 0 Å². The molecule has 0 aliphatic rings. The second-order valence-electron chi connectivity index (χ2n) is 3.80. The predicted octanol–water partition coefficient (Wildman–Crippen LogP) is 3.52. The number of phenolic OH excluding ortho intramolecular Hbond substituents is 1. The van der Waals surface area contributed by atoms with Gasteiger partial charge in [0.25, 0.3) is 5.89 Å². The lowest BCUT2D eigenvalue weighted by Crippen LogP contribution is -1.85. The topological polar surface area (TPSA) is 85.2 Å². The molecule has 1 aromatic carbocycles. The number of aromatic nitrogens is 2. The molecule has 0 bridgehead atoms. The highest BCUT2D eigenvalue weighted by Gasteiger charge is 2.15. The van der Waals surface area contributed by atoms with Gasteiger partial charge in [-0.05, 0) is 40.2 Å². The minimum atomic E-state index is 0.0163. The van der Waals surface area contributed by atoms with Crippen LogP contribution in [0.2, 0.25) is 0 Å². The number of nitrogens with two attached hydrogens (primary N) is 1. The van der Waals surface area contributed by atoms with Crippen LogP contribution in [0.25, 0.3) is 22.2 Å². The highest BCUT2D eigenvalue weighted by Crippen LogP contribution is 2.33. The summed E-state index contributed by atoms with van der Waals surface area (Å²) in [7, 11) is 0. The van der Waals surface area contributed by atoms with Crippen molar-refractivity contribution in [2.45, 2.75) is 0 Å². The molecule has 0 spiro atoms. The maximum atomic E-state index is 9.82. The number of rotatable bonds is 2. The smallest absolute Gasteiger partial charge is 0.262 e. The molecule has 0 unspecified atom stereocenters. The second kappa shape index (κ2) is 4.67. The van der Waals surface area contributed by atoms with Crippen LogP contribution in [0.1, 0.15) is 0 Å². The fourth-order valence-corrected chi connectivity index (χ4v) is 2.91. The van der Waals surface area contributed by atoms with E-state index in [4.69, 9.17) is 10.3 Å². The van der Waals surface area contributed by atoms with Gasteiger partial charge in [-0.25, -0.2) is 0 Å². The van der Waals surface area contributed by atoms with Crippen molar-refractivity contribution in [1.82, 2.24) is 10.1 Å². The van der Waals surface area contributed by atoms with Gasteiger partial charge in [0.15, 0.2) is 0 Å². The van der Waals surface area contributed by atoms with Crippen molar-refractivity contribution in [3.8, 4) is 27.9 Å².